The summed E-state index contributed by atoms with van der Waals surface area (Å²) in [4.78, 5) is 13.1. The van der Waals surface area contributed by atoms with Crippen LogP contribution in [0.1, 0.15) is 6.92 Å². The van der Waals surface area contributed by atoms with Crippen molar-refractivity contribution in [2.75, 3.05) is 6.61 Å². The fourth-order valence-corrected chi connectivity index (χ4v) is 3.02. The molecule has 3 rings (SSSR count). The first kappa shape index (κ1) is 17.2. The molecule has 0 saturated heterocycles. The van der Waals surface area contributed by atoms with Crippen molar-refractivity contribution in [2.24, 2.45) is 7.05 Å². The second kappa shape index (κ2) is 7.47. The molecule has 1 heterocycles. The first-order valence-electron chi connectivity index (χ1n) is 7.72. The molecule has 3 aromatic rings. The van der Waals surface area contributed by atoms with Gasteiger partial charge in [0.1, 0.15) is 12.4 Å². The number of nitrogens with zero attached hydrogens (tertiary/aromatic N) is 1. The first-order chi connectivity index (χ1) is 12.2. The molecule has 0 atom stereocenters. The Bertz CT molecular complexity index is 1040. The van der Waals surface area contributed by atoms with E-state index in [2.05, 4.69) is 11.8 Å². The van der Waals surface area contributed by atoms with E-state index in [1.165, 1.54) is 0 Å². The van der Waals surface area contributed by atoms with Crippen LogP contribution in [-0.2, 0) is 7.05 Å². The van der Waals surface area contributed by atoms with Crippen LogP contribution in [0.15, 0.2) is 58.4 Å². The van der Waals surface area contributed by atoms with Crippen LogP contribution in [-0.4, -0.2) is 15.7 Å². The highest BCUT2D eigenvalue weighted by molar-refractivity contribution is 7.93. The molecule has 0 fully saturated rings. The number of aromatic nitrogens is 1. The Morgan fingerprint density at radius 2 is 1.92 bits per heavy atom. The van der Waals surface area contributed by atoms with E-state index in [9.17, 15) is 9.35 Å². The van der Waals surface area contributed by atoms with Crippen LogP contribution in [0.2, 0.25) is 0 Å². The van der Waals surface area contributed by atoms with Gasteiger partial charge in [0.2, 0.25) is 0 Å². The molecule has 0 bridgehead atoms. The summed E-state index contributed by atoms with van der Waals surface area (Å²) < 4.78 is 16.8. The second-order valence-electron chi connectivity index (χ2n) is 5.47. The van der Waals surface area contributed by atoms with Crippen LogP contribution < -0.4 is 10.3 Å². The van der Waals surface area contributed by atoms with Gasteiger partial charge in [-0.3, -0.25) is 4.79 Å². The minimum Gasteiger partial charge on any atom is -0.480 e. The van der Waals surface area contributed by atoms with Crippen molar-refractivity contribution < 1.29 is 9.29 Å². The third-order valence-corrected chi connectivity index (χ3v) is 4.38. The van der Waals surface area contributed by atoms with Gasteiger partial charge in [0.25, 0.3) is 5.56 Å². The lowest BCUT2D eigenvalue weighted by Gasteiger charge is -2.14. The van der Waals surface area contributed by atoms with Gasteiger partial charge in [-0.2, -0.15) is 0 Å². The van der Waals surface area contributed by atoms with Crippen molar-refractivity contribution in [3.8, 4) is 28.7 Å². The Hall–Kier alpha value is -2.68. The molecule has 0 amide bonds. The van der Waals surface area contributed by atoms with Gasteiger partial charge in [-0.15, -0.1) is 5.92 Å². The zero-order valence-corrected chi connectivity index (χ0v) is 14.8. The van der Waals surface area contributed by atoms with Gasteiger partial charge in [0, 0.05) is 46.7 Å². The van der Waals surface area contributed by atoms with Crippen LogP contribution in [0.5, 0.6) is 5.75 Å². The zero-order valence-electron chi connectivity index (χ0n) is 13.9. The number of hydrogen-bond donors (Lipinski definition) is 1. The van der Waals surface area contributed by atoms with Crippen molar-refractivity contribution >= 4 is 22.8 Å². The van der Waals surface area contributed by atoms with Gasteiger partial charge < -0.3 is 13.9 Å². The molecule has 1 aromatic heterocycles. The number of aryl methyl sites for hydroxylation is 1. The van der Waals surface area contributed by atoms with Crippen LogP contribution in [0.3, 0.4) is 0 Å². The molecule has 25 heavy (non-hydrogen) atoms. The summed E-state index contributed by atoms with van der Waals surface area (Å²) in [6.45, 7) is 2.04. The highest BCUT2D eigenvalue weighted by atomic mass is 32.2. The van der Waals surface area contributed by atoms with Gasteiger partial charge >= 0.3 is 0 Å². The molecule has 0 spiro atoms. The molecule has 1 N–H and O–H groups in total. The SMILES string of the molecule is CC#CCOc1ccc(SO)cc1-c1cn(C)c(=O)c2ccccc12. The summed E-state index contributed by atoms with van der Waals surface area (Å²) in [7, 11) is 1.73. The van der Waals surface area contributed by atoms with Gasteiger partial charge in [-0.05, 0) is 36.6 Å². The van der Waals surface area contributed by atoms with Crippen LogP contribution in [0, 0.1) is 11.8 Å². The Labute approximate surface area is 150 Å². The molecule has 4 nitrogen and oxygen atoms in total. The standard InChI is InChI=1S/C20H17NO3S/c1-3-4-11-24-19-10-9-14(25-23)12-17(19)18-13-21(2)20(22)16-8-6-5-7-15(16)18/h5-10,12-13,23H,11H2,1-2H3. The highest BCUT2D eigenvalue weighted by Crippen LogP contribution is 2.36. The maximum atomic E-state index is 12.4. The molecule has 0 aliphatic carbocycles. The van der Waals surface area contributed by atoms with Crippen molar-refractivity contribution in [2.45, 2.75) is 11.8 Å². The highest BCUT2D eigenvalue weighted by Gasteiger charge is 2.14. The number of benzene rings is 2. The molecule has 0 radical (unpaired) electrons. The Morgan fingerprint density at radius 1 is 1.16 bits per heavy atom. The lowest BCUT2D eigenvalue weighted by atomic mass is 10.00. The molecular weight excluding hydrogens is 334 g/mol. The van der Waals surface area contributed by atoms with E-state index in [0.29, 0.717) is 28.1 Å². The minimum atomic E-state index is -0.0497. The fraction of sp³-hybridized carbons (Fsp3) is 0.150. The number of rotatable bonds is 4. The number of hydrogen-bond acceptors (Lipinski definition) is 4. The number of fused-ring (bicyclic) bond motifs is 1. The van der Waals surface area contributed by atoms with Crippen molar-refractivity contribution in [1.82, 2.24) is 4.57 Å². The number of pyridine rings is 1. The van der Waals surface area contributed by atoms with Crippen molar-refractivity contribution in [1.29, 1.82) is 0 Å². The maximum Gasteiger partial charge on any atom is 0.258 e. The summed E-state index contributed by atoms with van der Waals surface area (Å²) in [5.74, 6) is 6.34. The third kappa shape index (κ3) is 3.41. The molecule has 0 aliphatic heterocycles. The topological polar surface area (TPSA) is 51.5 Å². The number of ether oxygens (including phenoxy) is 1. The Morgan fingerprint density at radius 3 is 2.64 bits per heavy atom. The third-order valence-electron chi connectivity index (χ3n) is 3.91. The largest absolute Gasteiger partial charge is 0.480 e. The second-order valence-corrected chi connectivity index (χ2v) is 6.12. The molecule has 0 saturated carbocycles. The Kier molecular flexibility index (Phi) is 5.13. The molecule has 0 unspecified atom stereocenters. The fourth-order valence-electron chi connectivity index (χ4n) is 2.72. The van der Waals surface area contributed by atoms with E-state index in [0.717, 1.165) is 16.5 Å². The van der Waals surface area contributed by atoms with E-state index in [1.54, 1.807) is 30.8 Å². The van der Waals surface area contributed by atoms with Gasteiger partial charge in [-0.25, -0.2) is 0 Å². The molecule has 0 aliphatic rings. The summed E-state index contributed by atoms with van der Waals surface area (Å²) in [5.41, 5.74) is 1.63. The predicted octanol–water partition coefficient (Wildman–Crippen LogP) is 4.17. The van der Waals surface area contributed by atoms with E-state index in [-0.39, 0.29) is 12.2 Å². The van der Waals surface area contributed by atoms with Crippen LogP contribution in [0.25, 0.3) is 21.9 Å². The summed E-state index contributed by atoms with van der Waals surface area (Å²) in [5, 5.41) is 1.49. The lowest BCUT2D eigenvalue weighted by Crippen LogP contribution is -2.16. The molecule has 2 aromatic carbocycles. The first-order valence-corrected chi connectivity index (χ1v) is 8.49. The zero-order chi connectivity index (χ0) is 17.8. The van der Waals surface area contributed by atoms with Gasteiger partial charge in [0.05, 0.1) is 0 Å². The summed E-state index contributed by atoms with van der Waals surface area (Å²) >= 11 is 0.675. The van der Waals surface area contributed by atoms with Gasteiger partial charge in [0.15, 0.2) is 0 Å². The maximum absolute atomic E-state index is 12.4. The van der Waals surface area contributed by atoms with E-state index in [1.807, 2.05) is 36.4 Å². The molecular formula is C20H17NO3S. The van der Waals surface area contributed by atoms with Gasteiger partial charge in [-0.1, -0.05) is 24.1 Å². The molecule has 126 valence electrons. The minimum absolute atomic E-state index is 0.0497. The van der Waals surface area contributed by atoms with Crippen molar-refractivity contribution in [3.63, 3.8) is 0 Å². The van der Waals surface area contributed by atoms with Crippen LogP contribution >= 0.6 is 12.0 Å². The lowest BCUT2D eigenvalue weighted by molar-refractivity contribution is 0.371. The van der Waals surface area contributed by atoms with E-state index < -0.39 is 0 Å². The van der Waals surface area contributed by atoms with E-state index >= 15 is 0 Å². The molecule has 5 heteroatoms. The average Bonchev–Trinajstić information content (AvgIpc) is 2.65. The Balaban J connectivity index is 2.27. The normalized spacial score (nSPS) is 10.4. The van der Waals surface area contributed by atoms with Crippen molar-refractivity contribution in [3.05, 3.63) is 59.0 Å². The quantitative estimate of drug-likeness (QED) is 0.566. The van der Waals surface area contributed by atoms with E-state index in [4.69, 9.17) is 4.74 Å². The summed E-state index contributed by atoms with van der Waals surface area (Å²) in [6, 6.07) is 12.9. The predicted molar refractivity (Wildman–Crippen MR) is 102 cm³/mol. The van der Waals surface area contributed by atoms with Crippen LogP contribution in [0.4, 0.5) is 0 Å². The smallest absolute Gasteiger partial charge is 0.258 e. The monoisotopic (exact) mass is 351 g/mol. The average molecular weight is 351 g/mol. The summed E-state index contributed by atoms with van der Waals surface area (Å²) in [6.07, 6.45) is 1.80.